The minimum atomic E-state index is 0.162. The van der Waals surface area contributed by atoms with Crippen LogP contribution >= 0.6 is 11.6 Å². The number of ether oxygens (including phenoxy) is 1. The Kier molecular flexibility index (Phi) is 5.44. The summed E-state index contributed by atoms with van der Waals surface area (Å²) in [5, 5.41) is 1.56. The fourth-order valence-electron chi connectivity index (χ4n) is 3.72. The van der Waals surface area contributed by atoms with Crippen molar-refractivity contribution in [3.8, 4) is 5.75 Å². The van der Waals surface area contributed by atoms with Gasteiger partial charge in [-0.25, -0.2) is 9.97 Å². The number of methoxy groups -OCH3 is 1. The molecule has 3 aromatic rings. The molecule has 0 unspecified atom stereocenters. The Labute approximate surface area is 169 Å². The molecule has 0 radical (unpaired) electrons. The number of pyridine rings is 2. The van der Waals surface area contributed by atoms with E-state index in [2.05, 4.69) is 11.1 Å². The van der Waals surface area contributed by atoms with Crippen molar-refractivity contribution < 1.29 is 9.53 Å². The number of hydrogen-bond acceptors (Lipinski definition) is 4. The predicted octanol–water partition coefficient (Wildman–Crippen LogP) is 4.24. The van der Waals surface area contributed by atoms with Crippen molar-refractivity contribution in [1.29, 1.82) is 0 Å². The van der Waals surface area contributed by atoms with Gasteiger partial charge in [0.25, 0.3) is 0 Å². The van der Waals surface area contributed by atoms with Gasteiger partial charge in [-0.1, -0.05) is 23.7 Å². The van der Waals surface area contributed by atoms with Gasteiger partial charge < -0.3 is 9.64 Å². The molecule has 0 saturated carbocycles. The summed E-state index contributed by atoms with van der Waals surface area (Å²) >= 11 is 5.99. The maximum absolute atomic E-state index is 12.7. The topological polar surface area (TPSA) is 55.3 Å². The second kappa shape index (κ2) is 8.15. The number of likely N-dealkylation sites (tertiary alicyclic amines) is 1. The first-order valence-corrected chi connectivity index (χ1v) is 9.83. The van der Waals surface area contributed by atoms with Gasteiger partial charge in [0, 0.05) is 36.3 Å². The number of nitrogens with zero attached hydrogens (tertiary/aromatic N) is 3. The molecule has 1 saturated heterocycles. The van der Waals surface area contributed by atoms with Gasteiger partial charge in [0.2, 0.25) is 5.91 Å². The van der Waals surface area contributed by atoms with Crippen molar-refractivity contribution in [2.45, 2.75) is 25.2 Å². The van der Waals surface area contributed by atoms with Crippen LogP contribution in [0.3, 0.4) is 0 Å². The Balaban J connectivity index is 1.38. The van der Waals surface area contributed by atoms with Crippen molar-refractivity contribution in [3.63, 3.8) is 0 Å². The molecule has 4 rings (SSSR count). The molecule has 0 spiro atoms. The lowest BCUT2D eigenvalue weighted by molar-refractivity contribution is -0.131. The lowest BCUT2D eigenvalue weighted by Crippen LogP contribution is -2.38. The van der Waals surface area contributed by atoms with Crippen LogP contribution < -0.4 is 4.74 Å². The van der Waals surface area contributed by atoms with E-state index < -0.39 is 0 Å². The number of halogens is 1. The number of amides is 1. The average Bonchev–Trinajstić information content (AvgIpc) is 2.73. The van der Waals surface area contributed by atoms with Crippen molar-refractivity contribution in [2.75, 3.05) is 20.2 Å². The molecule has 3 heterocycles. The number of aromatic nitrogens is 2. The van der Waals surface area contributed by atoms with Gasteiger partial charge in [-0.15, -0.1) is 0 Å². The van der Waals surface area contributed by atoms with Crippen LogP contribution in [-0.2, 0) is 11.2 Å². The Morgan fingerprint density at radius 1 is 1.21 bits per heavy atom. The molecule has 1 amide bonds. The third kappa shape index (κ3) is 4.09. The fraction of sp³-hybridized carbons (Fsp3) is 0.318. The smallest absolute Gasteiger partial charge is 0.226 e. The van der Waals surface area contributed by atoms with Crippen LogP contribution in [0.1, 0.15) is 30.0 Å². The number of hydrogen-bond donors (Lipinski definition) is 0. The van der Waals surface area contributed by atoms with E-state index in [9.17, 15) is 4.79 Å². The highest BCUT2D eigenvalue weighted by atomic mass is 35.5. The number of benzene rings is 1. The zero-order valence-electron chi connectivity index (χ0n) is 15.8. The number of rotatable bonds is 4. The first-order valence-electron chi connectivity index (χ1n) is 9.45. The number of fused-ring (bicyclic) bond motifs is 1. The first kappa shape index (κ1) is 18.7. The summed E-state index contributed by atoms with van der Waals surface area (Å²) in [6.45, 7) is 1.50. The molecule has 6 heteroatoms. The van der Waals surface area contributed by atoms with Crippen LogP contribution in [0.25, 0.3) is 11.0 Å². The number of carbonyl (C=O) groups excluding carboxylic acids is 1. The molecule has 1 aliphatic rings. The highest BCUT2D eigenvalue weighted by Gasteiger charge is 2.25. The molecule has 5 nitrogen and oxygen atoms in total. The Hall–Kier alpha value is -2.66. The van der Waals surface area contributed by atoms with Crippen molar-refractivity contribution in [2.24, 2.45) is 0 Å². The molecule has 1 aromatic carbocycles. The highest BCUT2D eigenvalue weighted by molar-refractivity contribution is 6.31. The lowest BCUT2D eigenvalue weighted by Gasteiger charge is -2.32. The maximum atomic E-state index is 12.7. The minimum absolute atomic E-state index is 0.162. The monoisotopic (exact) mass is 395 g/mol. The molecular weight excluding hydrogens is 374 g/mol. The number of piperidine rings is 1. The third-order valence-corrected chi connectivity index (χ3v) is 5.49. The highest BCUT2D eigenvalue weighted by Crippen LogP contribution is 2.28. The van der Waals surface area contributed by atoms with E-state index in [1.807, 2.05) is 41.3 Å². The summed E-state index contributed by atoms with van der Waals surface area (Å²) < 4.78 is 5.24. The molecule has 0 bridgehead atoms. The predicted molar refractivity (Wildman–Crippen MR) is 110 cm³/mol. The molecule has 1 fully saturated rings. The van der Waals surface area contributed by atoms with E-state index in [1.54, 1.807) is 13.3 Å². The molecule has 144 valence electrons. The summed E-state index contributed by atoms with van der Waals surface area (Å²) in [7, 11) is 1.64. The van der Waals surface area contributed by atoms with Crippen LogP contribution in [0, 0.1) is 0 Å². The summed E-state index contributed by atoms with van der Waals surface area (Å²) in [6.07, 6.45) is 3.85. The molecule has 1 aliphatic heterocycles. The van der Waals surface area contributed by atoms with Gasteiger partial charge in [-0.05, 0) is 48.7 Å². The molecule has 0 aliphatic carbocycles. The van der Waals surface area contributed by atoms with Crippen LogP contribution in [0.5, 0.6) is 5.75 Å². The largest absolute Gasteiger partial charge is 0.497 e. The van der Waals surface area contributed by atoms with Crippen LogP contribution in [0.2, 0.25) is 5.02 Å². The zero-order chi connectivity index (χ0) is 19.5. The third-order valence-electron chi connectivity index (χ3n) is 5.29. The maximum Gasteiger partial charge on any atom is 0.226 e. The fourth-order valence-corrected chi connectivity index (χ4v) is 3.89. The van der Waals surface area contributed by atoms with Gasteiger partial charge in [0.15, 0.2) is 5.65 Å². The second-order valence-corrected chi connectivity index (χ2v) is 7.56. The van der Waals surface area contributed by atoms with E-state index in [0.29, 0.717) is 17.4 Å². The Bertz CT molecular complexity index is 1000. The van der Waals surface area contributed by atoms with E-state index in [4.69, 9.17) is 21.3 Å². The van der Waals surface area contributed by atoms with Crippen LogP contribution in [-0.4, -0.2) is 41.0 Å². The molecule has 0 atom stereocenters. The lowest BCUT2D eigenvalue weighted by atomic mass is 9.92. The summed E-state index contributed by atoms with van der Waals surface area (Å²) in [4.78, 5) is 23.6. The standard InChI is InChI=1S/C22H22ClN3O2/c1-28-19-4-2-3-15(11-19)12-21(27)26-9-7-16(8-10-26)20-6-5-17-13-18(23)14-24-22(17)25-20/h2-6,11,13-14,16H,7-10,12H2,1H3. The van der Waals surface area contributed by atoms with Crippen LogP contribution in [0.15, 0.2) is 48.7 Å². The first-order chi connectivity index (χ1) is 13.6. The summed E-state index contributed by atoms with van der Waals surface area (Å²) in [5.41, 5.74) is 2.74. The molecule has 28 heavy (non-hydrogen) atoms. The molecule has 0 N–H and O–H groups in total. The number of carbonyl (C=O) groups is 1. The zero-order valence-corrected chi connectivity index (χ0v) is 16.5. The summed E-state index contributed by atoms with van der Waals surface area (Å²) in [5.74, 6) is 1.29. The quantitative estimate of drug-likeness (QED) is 0.663. The van der Waals surface area contributed by atoms with Crippen molar-refractivity contribution in [1.82, 2.24) is 14.9 Å². The van der Waals surface area contributed by atoms with E-state index in [0.717, 1.165) is 54.0 Å². The van der Waals surface area contributed by atoms with Crippen molar-refractivity contribution >= 4 is 28.5 Å². The van der Waals surface area contributed by atoms with Gasteiger partial charge in [0.05, 0.1) is 18.6 Å². The SMILES string of the molecule is COc1cccc(CC(=O)N2CCC(c3ccc4cc(Cl)cnc4n3)CC2)c1. The normalized spacial score (nSPS) is 15.0. The van der Waals surface area contributed by atoms with Gasteiger partial charge >= 0.3 is 0 Å². The minimum Gasteiger partial charge on any atom is -0.497 e. The molecule has 2 aromatic heterocycles. The summed E-state index contributed by atoms with van der Waals surface area (Å²) in [6, 6.07) is 13.6. The van der Waals surface area contributed by atoms with E-state index in [-0.39, 0.29) is 5.91 Å². The molecular formula is C22H22ClN3O2. The Morgan fingerprint density at radius 2 is 2.04 bits per heavy atom. The second-order valence-electron chi connectivity index (χ2n) is 7.12. The van der Waals surface area contributed by atoms with Gasteiger partial charge in [-0.3, -0.25) is 4.79 Å². The van der Waals surface area contributed by atoms with Gasteiger partial charge in [0.1, 0.15) is 5.75 Å². The van der Waals surface area contributed by atoms with E-state index in [1.165, 1.54) is 0 Å². The van der Waals surface area contributed by atoms with Crippen LogP contribution in [0.4, 0.5) is 0 Å². The average molecular weight is 396 g/mol. The van der Waals surface area contributed by atoms with E-state index >= 15 is 0 Å². The van der Waals surface area contributed by atoms with Gasteiger partial charge in [-0.2, -0.15) is 0 Å². The van der Waals surface area contributed by atoms with Crippen molar-refractivity contribution in [3.05, 3.63) is 64.9 Å². The Morgan fingerprint density at radius 3 is 2.82 bits per heavy atom.